The van der Waals surface area contributed by atoms with Crippen LogP contribution in [0.3, 0.4) is 0 Å². The summed E-state index contributed by atoms with van der Waals surface area (Å²) >= 11 is 0. The topological polar surface area (TPSA) is 86.7 Å². The lowest BCUT2D eigenvalue weighted by Crippen LogP contribution is -2.45. The lowest BCUT2D eigenvalue weighted by atomic mass is 9.80. The van der Waals surface area contributed by atoms with Crippen LogP contribution in [-0.2, 0) is 10.0 Å². The van der Waals surface area contributed by atoms with E-state index in [1.165, 1.54) is 12.1 Å². The van der Waals surface area contributed by atoms with Gasteiger partial charge in [-0.3, -0.25) is 0 Å². The highest BCUT2D eigenvalue weighted by Gasteiger charge is 2.32. The van der Waals surface area contributed by atoms with Crippen LogP contribution < -0.4 is 4.72 Å². The molecule has 6 nitrogen and oxygen atoms in total. The Kier molecular flexibility index (Phi) is 4.89. The third kappa shape index (κ3) is 3.66. The fourth-order valence-electron chi connectivity index (χ4n) is 2.64. The van der Waals surface area contributed by atoms with Gasteiger partial charge in [0.05, 0.1) is 10.5 Å². The van der Waals surface area contributed by atoms with Crippen LogP contribution in [0.4, 0.5) is 0 Å². The van der Waals surface area contributed by atoms with Crippen molar-refractivity contribution < 1.29 is 18.3 Å². The molecule has 0 bridgehead atoms. The van der Waals surface area contributed by atoms with Crippen molar-refractivity contribution in [1.29, 1.82) is 0 Å². The molecule has 0 amide bonds. The third-order valence-corrected chi connectivity index (χ3v) is 5.64. The van der Waals surface area contributed by atoms with Crippen molar-refractivity contribution in [3.05, 3.63) is 29.3 Å². The highest BCUT2D eigenvalue weighted by atomic mass is 32.2. The average Bonchev–Trinajstić information content (AvgIpc) is 2.35. The van der Waals surface area contributed by atoms with Crippen LogP contribution in [-0.4, -0.2) is 51.1 Å². The van der Waals surface area contributed by atoms with E-state index in [2.05, 4.69) is 9.62 Å². The zero-order valence-corrected chi connectivity index (χ0v) is 13.9. The van der Waals surface area contributed by atoms with Crippen LogP contribution in [0.25, 0.3) is 0 Å². The molecule has 0 unspecified atom stereocenters. The molecule has 0 spiro atoms. The number of carbonyl (C=O) groups is 1. The van der Waals surface area contributed by atoms with Crippen molar-refractivity contribution in [2.75, 3.05) is 20.6 Å². The lowest BCUT2D eigenvalue weighted by molar-refractivity contribution is 0.0692. The van der Waals surface area contributed by atoms with Crippen molar-refractivity contribution in [2.45, 2.75) is 30.7 Å². The van der Waals surface area contributed by atoms with E-state index in [9.17, 15) is 18.3 Å². The highest BCUT2D eigenvalue weighted by molar-refractivity contribution is 7.89. The summed E-state index contributed by atoms with van der Waals surface area (Å²) in [6.45, 7) is 2.08. The Bertz CT molecular complexity index is 664. The molecule has 1 aliphatic carbocycles. The molecule has 0 heterocycles. The smallest absolute Gasteiger partial charge is 0.337 e. The van der Waals surface area contributed by atoms with Gasteiger partial charge < -0.3 is 10.0 Å². The molecule has 0 aliphatic heterocycles. The Morgan fingerprint density at radius 3 is 2.55 bits per heavy atom. The molecule has 2 N–H and O–H groups in total. The molecule has 1 fully saturated rings. The Morgan fingerprint density at radius 2 is 2.00 bits per heavy atom. The van der Waals surface area contributed by atoms with Gasteiger partial charge in [-0.1, -0.05) is 11.6 Å². The molecule has 122 valence electrons. The monoisotopic (exact) mass is 326 g/mol. The highest BCUT2D eigenvalue weighted by Crippen LogP contribution is 2.30. The molecule has 2 rings (SSSR count). The maximum atomic E-state index is 12.3. The molecular formula is C15H22N2O4S. The van der Waals surface area contributed by atoms with Gasteiger partial charge in [0, 0.05) is 12.6 Å². The summed E-state index contributed by atoms with van der Waals surface area (Å²) in [5, 5.41) is 9.19. The summed E-state index contributed by atoms with van der Waals surface area (Å²) in [6, 6.07) is 4.84. The molecule has 7 heteroatoms. The Balaban J connectivity index is 2.07. The molecule has 1 aromatic rings. The van der Waals surface area contributed by atoms with E-state index in [0.717, 1.165) is 12.8 Å². The summed E-state index contributed by atoms with van der Waals surface area (Å²) in [4.78, 5) is 13.2. The maximum Gasteiger partial charge on any atom is 0.337 e. The number of nitrogens with zero attached hydrogens (tertiary/aromatic N) is 1. The molecule has 0 radical (unpaired) electrons. The first-order chi connectivity index (χ1) is 10.2. The van der Waals surface area contributed by atoms with E-state index >= 15 is 0 Å². The van der Waals surface area contributed by atoms with E-state index < -0.39 is 16.0 Å². The number of hydrogen-bond donors (Lipinski definition) is 2. The number of benzene rings is 1. The zero-order valence-electron chi connectivity index (χ0n) is 13.0. The Morgan fingerprint density at radius 1 is 1.36 bits per heavy atom. The molecule has 1 saturated carbocycles. The number of rotatable bonds is 6. The van der Waals surface area contributed by atoms with Crippen molar-refractivity contribution in [3.63, 3.8) is 0 Å². The Labute approximate surface area is 131 Å². The van der Waals surface area contributed by atoms with Crippen molar-refractivity contribution in [2.24, 2.45) is 5.92 Å². The molecule has 1 aliphatic rings. The molecule has 0 atom stereocenters. The van der Waals surface area contributed by atoms with Gasteiger partial charge in [-0.15, -0.1) is 0 Å². The second-order valence-corrected chi connectivity index (χ2v) is 7.85. The van der Waals surface area contributed by atoms with E-state index in [1.54, 1.807) is 13.0 Å². The first-order valence-corrected chi connectivity index (χ1v) is 8.69. The first-order valence-electron chi connectivity index (χ1n) is 7.20. The van der Waals surface area contributed by atoms with Gasteiger partial charge in [-0.25, -0.2) is 17.9 Å². The average molecular weight is 326 g/mol. The number of aryl methyl sites for hydroxylation is 1. The zero-order chi connectivity index (χ0) is 16.5. The summed E-state index contributed by atoms with van der Waals surface area (Å²) < 4.78 is 27.2. The minimum Gasteiger partial charge on any atom is -0.478 e. The predicted octanol–water partition coefficient (Wildman–Crippen LogP) is 1.31. The minimum absolute atomic E-state index is 0.172. The molecular weight excluding hydrogens is 304 g/mol. The first kappa shape index (κ1) is 16.9. The molecule has 0 aromatic heterocycles. The van der Waals surface area contributed by atoms with Gasteiger partial charge in [0.1, 0.15) is 0 Å². The molecule has 0 saturated heterocycles. The predicted molar refractivity (Wildman–Crippen MR) is 83.5 cm³/mol. The van der Waals surface area contributed by atoms with E-state index in [1.807, 2.05) is 14.1 Å². The van der Waals surface area contributed by atoms with Gasteiger partial charge in [-0.2, -0.15) is 0 Å². The van der Waals surface area contributed by atoms with E-state index in [4.69, 9.17) is 0 Å². The van der Waals surface area contributed by atoms with Crippen LogP contribution >= 0.6 is 0 Å². The number of nitrogens with one attached hydrogen (secondary N) is 1. The summed E-state index contributed by atoms with van der Waals surface area (Å²) in [7, 11) is 0.215. The second-order valence-electron chi connectivity index (χ2n) is 6.11. The normalized spacial score (nSPS) is 21.6. The summed E-state index contributed by atoms with van der Waals surface area (Å²) in [6.07, 6.45) is 1.91. The number of sulfonamides is 1. The van der Waals surface area contributed by atoms with Gasteiger partial charge in [-0.05, 0) is 51.9 Å². The number of carboxylic acid groups (broad SMARTS) is 1. The summed E-state index contributed by atoms with van der Waals surface area (Å²) in [5.41, 5.74) is 0.524. The molecule has 22 heavy (non-hydrogen) atoms. The van der Waals surface area contributed by atoms with E-state index in [0.29, 0.717) is 24.1 Å². The summed E-state index contributed by atoms with van der Waals surface area (Å²) in [5.74, 6) is -0.929. The van der Waals surface area contributed by atoms with Gasteiger partial charge in [0.15, 0.2) is 0 Å². The fourth-order valence-corrected chi connectivity index (χ4v) is 3.93. The van der Waals surface area contributed by atoms with Crippen molar-refractivity contribution in [1.82, 2.24) is 9.62 Å². The number of carboxylic acids is 1. The van der Waals surface area contributed by atoms with Crippen LogP contribution in [0.15, 0.2) is 23.1 Å². The number of aromatic carboxylic acids is 1. The molecule has 1 aromatic carbocycles. The standard InChI is InChI=1S/C15H22N2O4S/c1-10-4-5-14(13(6-10)15(18)19)22(20,21)16-9-11-7-12(8-11)17(2)3/h4-6,11-12,16H,7-9H2,1-3H3,(H,18,19). The van der Waals surface area contributed by atoms with Crippen LogP contribution in [0, 0.1) is 12.8 Å². The largest absolute Gasteiger partial charge is 0.478 e. The third-order valence-electron chi connectivity index (χ3n) is 4.16. The lowest BCUT2D eigenvalue weighted by Gasteiger charge is -2.39. The van der Waals surface area contributed by atoms with Gasteiger partial charge in [0.2, 0.25) is 10.0 Å². The van der Waals surface area contributed by atoms with Crippen LogP contribution in [0.2, 0.25) is 0 Å². The maximum absolute atomic E-state index is 12.3. The quantitative estimate of drug-likeness (QED) is 0.823. The Hall–Kier alpha value is -1.44. The van der Waals surface area contributed by atoms with Crippen LogP contribution in [0.1, 0.15) is 28.8 Å². The SMILES string of the molecule is Cc1ccc(S(=O)(=O)NCC2CC(N(C)C)C2)c(C(=O)O)c1. The fraction of sp³-hybridized carbons (Fsp3) is 0.533. The second kappa shape index (κ2) is 6.36. The van der Waals surface area contributed by atoms with Crippen molar-refractivity contribution in [3.8, 4) is 0 Å². The minimum atomic E-state index is -3.81. The van der Waals surface area contributed by atoms with E-state index in [-0.39, 0.29) is 10.5 Å². The number of hydrogen-bond acceptors (Lipinski definition) is 4. The van der Waals surface area contributed by atoms with Gasteiger partial charge in [0.25, 0.3) is 0 Å². The van der Waals surface area contributed by atoms with Crippen LogP contribution in [0.5, 0.6) is 0 Å². The van der Waals surface area contributed by atoms with Gasteiger partial charge >= 0.3 is 5.97 Å². The van der Waals surface area contributed by atoms with Crippen molar-refractivity contribution >= 4 is 16.0 Å².